The van der Waals surface area contributed by atoms with Crippen LogP contribution >= 0.6 is 0 Å². The molecule has 0 saturated carbocycles. The minimum Gasteiger partial charge on any atom is -0.414 e. The van der Waals surface area contributed by atoms with Crippen LogP contribution in [0, 0.1) is 0 Å². The number of fused-ring (bicyclic) bond motifs is 1. The Morgan fingerprint density at radius 3 is 2.40 bits per heavy atom. The summed E-state index contributed by atoms with van der Waals surface area (Å²) in [5, 5.41) is 0. The largest absolute Gasteiger partial charge is 0.414 e. The highest BCUT2D eigenvalue weighted by Crippen LogP contribution is 2.27. The monoisotopic (exact) mass is 337 g/mol. The molecule has 0 radical (unpaired) electrons. The Morgan fingerprint density at radius 1 is 1.08 bits per heavy atom. The average Bonchev–Trinajstić information content (AvgIpc) is 2.73. The Kier molecular flexibility index (Phi) is 4.52. The normalized spacial score (nSPS) is 16.6. The zero-order chi connectivity index (χ0) is 18.0. The zero-order valence-electron chi connectivity index (χ0n) is 14.3. The van der Waals surface area contributed by atoms with Crippen molar-refractivity contribution in [3.05, 3.63) is 65.7 Å². The number of likely N-dealkylation sites (N-methyl/N-ethyl adjacent to an activating group) is 1. The van der Waals surface area contributed by atoms with Crippen LogP contribution in [0.2, 0.25) is 0 Å². The van der Waals surface area contributed by atoms with Gasteiger partial charge in [0.2, 0.25) is 0 Å². The third kappa shape index (κ3) is 3.24. The highest BCUT2D eigenvalue weighted by Gasteiger charge is 2.32. The number of carbonyl (C=O) groups is 2. The maximum Gasteiger partial charge on any atom is 0.411 e. The van der Waals surface area contributed by atoms with Gasteiger partial charge in [-0.25, -0.2) is 9.79 Å². The van der Waals surface area contributed by atoms with Gasteiger partial charge in [-0.3, -0.25) is 4.79 Å². The fourth-order valence-electron chi connectivity index (χ4n) is 2.60. The molecule has 1 atom stereocenters. The molecule has 1 aliphatic heterocycles. The summed E-state index contributed by atoms with van der Waals surface area (Å²) in [6, 6.07) is 17.0. The lowest BCUT2D eigenvalue weighted by molar-refractivity contribution is -0.126. The van der Waals surface area contributed by atoms with Crippen LogP contribution in [0.5, 0.6) is 0 Å². The standard InChI is InChI=1S/C19H19N3O3/c1-21(2)19(24)25-17-18(23)22(3)15-12-8-7-11-14(15)16(20-17)13-9-5-4-6-10-13/h4-12,17H,1-3H3. The van der Waals surface area contributed by atoms with Crippen LogP contribution in [-0.2, 0) is 9.53 Å². The van der Waals surface area contributed by atoms with E-state index in [2.05, 4.69) is 4.99 Å². The highest BCUT2D eigenvalue weighted by molar-refractivity contribution is 6.19. The molecule has 25 heavy (non-hydrogen) atoms. The molecule has 0 aliphatic carbocycles. The van der Waals surface area contributed by atoms with Crippen molar-refractivity contribution < 1.29 is 14.3 Å². The van der Waals surface area contributed by atoms with E-state index in [-0.39, 0.29) is 0 Å². The number of rotatable bonds is 2. The summed E-state index contributed by atoms with van der Waals surface area (Å²) < 4.78 is 5.31. The van der Waals surface area contributed by atoms with Gasteiger partial charge < -0.3 is 14.5 Å². The number of ether oxygens (including phenoxy) is 1. The third-order valence-corrected chi connectivity index (χ3v) is 3.93. The van der Waals surface area contributed by atoms with Crippen molar-refractivity contribution in [3.63, 3.8) is 0 Å². The van der Waals surface area contributed by atoms with E-state index in [9.17, 15) is 9.59 Å². The Balaban J connectivity index is 2.14. The highest BCUT2D eigenvalue weighted by atomic mass is 16.6. The van der Waals surface area contributed by atoms with Crippen LogP contribution in [-0.4, -0.2) is 50.0 Å². The first-order valence-corrected chi connectivity index (χ1v) is 7.87. The van der Waals surface area contributed by atoms with E-state index < -0.39 is 18.2 Å². The van der Waals surface area contributed by atoms with Crippen molar-refractivity contribution in [2.45, 2.75) is 6.23 Å². The molecule has 1 aliphatic rings. The summed E-state index contributed by atoms with van der Waals surface area (Å²) in [7, 11) is 4.77. The molecule has 3 rings (SSSR count). The van der Waals surface area contributed by atoms with E-state index in [1.807, 2.05) is 54.6 Å². The van der Waals surface area contributed by atoms with Crippen LogP contribution < -0.4 is 4.90 Å². The molecule has 6 heteroatoms. The first kappa shape index (κ1) is 16.7. The summed E-state index contributed by atoms with van der Waals surface area (Å²) >= 11 is 0. The molecule has 128 valence electrons. The van der Waals surface area contributed by atoms with Crippen molar-refractivity contribution in [1.82, 2.24) is 4.90 Å². The smallest absolute Gasteiger partial charge is 0.411 e. The van der Waals surface area contributed by atoms with Crippen molar-refractivity contribution in [1.29, 1.82) is 0 Å². The van der Waals surface area contributed by atoms with Crippen molar-refractivity contribution in [2.24, 2.45) is 4.99 Å². The van der Waals surface area contributed by atoms with E-state index in [1.54, 1.807) is 21.1 Å². The van der Waals surface area contributed by atoms with Gasteiger partial charge in [0.05, 0.1) is 11.4 Å². The number of anilines is 1. The van der Waals surface area contributed by atoms with E-state index in [4.69, 9.17) is 4.74 Å². The van der Waals surface area contributed by atoms with Gasteiger partial charge in [-0.05, 0) is 6.07 Å². The maximum absolute atomic E-state index is 12.8. The van der Waals surface area contributed by atoms with Crippen molar-refractivity contribution in [2.75, 3.05) is 26.0 Å². The Bertz CT molecular complexity index is 831. The second kappa shape index (κ2) is 6.76. The number of para-hydroxylation sites is 1. The van der Waals surface area contributed by atoms with Gasteiger partial charge in [0.15, 0.2) is 0 Å². The number of amides is 2. The summed E-state index contributed by atoms with van der Waals surface area (Å²) in [6.07, 6.45) is -1.85. The number of nitrogens with zero attached hydrogens (tertiary/aromatic N) is 3. The second-order valence-electron chi connectivity index (χ2n) is 5.89. The molecule has 1 unspecified atom stereocenters. The fourth-order valence-corrected chi connectivity index (χ4v) is 2.60. The number of benzene rings is 2. The molecule has 0 saturated heterocycles. The summed E-state index contributed by atoms with van der Waals surface area (Å²) in [5.74, 6) is -0.395. The second-order valence-corrected chi connectivity index (χ2v) is 5.89. The molecule has 2 aromatic carbocycles. The Hall–Kier alpha value is -3.15. The van der Waals surface area contributed by atoms with Crippen LogP contribution in [0.4, 0.5) is 10.5 Å². The molecule has 0 fully saturated rings. The predicted molar refractivity (Wildman–Crippen MR) is 95.9 cm³/mol. The van der Waals surface area contributed by atoms with Crippen LogP contribution in [0.25, 0.3) is 0 Å². The van der Waals surface area contributed by atoms with Crippen LogP contribution in [0.1, 0.15) is 11.1 Å². The minimum atomic E-state index is -1.23. The molecule has 0 aromatic heterocycles. The third-order valence-electron chi connectivity index (χ3n) is 3.93. The Morgan fingerprint density at radius 2 is 1.72 bits per heavy atom. The summed E-state index contributed by atoms with van der Waals surface area (Å²) in [4.78, 5) is 32.0. The van der Waals surface area contributed by atoms with Gasteiger partial charge >= 0.3 is 6.09 Å². The minimum absolute atomic E-state index is 0.395. The predicted octanol–water partition coefficient (Wildman–Crippen LogP) is 2.52. The number of hydrogen-bond acceptors (Lipinski definition) is 4. The van der Waals surface area contributed by atoms with Crippen LogP contribution in [0.3, 0.4) is 0 Å². The lowest BCUT2D eigenvalue weighted by Crippen LogP contribution is -2.39. The van der Waals surface area contributed by atoms with Gasteiger partial charge in [0.1, 0.15) is 0 Å². The molecule has 0 spiro atoms. The zero-order valence-corrected chi connectivity index (χ0v) is 14.3. The van der Waals surface area contributed by atoms with Crippen LogP contribution in [0.15, 0.2) is 59.6 Å². The van der Waals surface area contributed by atoms with Gasteiger partial charge in [-0.2, -0.15) is 0 Å². The molecule has 1 heterocycles. The lowest BCUT2D eigenvalue weighted by Gasteiger charge is -2.21. The summed E-state index contributed by atoms with van der Waals surface area (Å²) in [5.41, 5.74) is 3.00. The lowest BCUT2D eigenvalue weighted by atomic mass is 10.0. The molecule has 0 N–H and O–H groups in total. The van der Waals surface area contributed by atoms with E-state index in [0.29, 0.717) is 5.71 Å². The molecule has 2 aromatic rings. The summed E-state index contributed by atoms with van der Waals surface area (Å²) in [6.45, 7) is 0. The first-order valence-electron chi connectivity index (χ1n) is 7.87. The van der Waals surface area contributed by atoms with Gasteiger partial charge in [-0.1, -0.05) is 48.5 Å². The topological polar surface area (TPSA) is 62.2 Å². The van der Waals surface area contributed by atoms with Gasteiger partial charge in [0, 0.05) is 32.3 Å². The Labute approximate surface area is 146 Å². The van der Waals surface area contributed by atoms with Crippen molar-refractivity contribution in [3.8, 4) is 0 Å². The average molecular weight is 337 g/mol. The van der Waals surface area contributed by atoms with Crippen molar-refractivity contribution >= 4 is 23.4 Å². The first-order chi connectivity index (χ1) is 12.0. The fraction of sp³-hybridized carbons (Fsp3) is 0.211. The molecular formula is C19H19N3O3. The number of hydrogen-bond donors (Lipinski definition) is 0. The van der Waals surface area contributed by atoms with E-state index >= 15 is 0 Å². The quantitative estimate of drug-likeness (QED) is 0.846. The SMILES string of the molecule is CN(C)C(=O)OC1N=C(c2ccccc2)c2ccccc2N(C)C1=O. The number of aliphatic imine (C=N–C) groups is 1. The molecule has 2 amide bonds. The van der Waals surface area contributed by atoms with E-state index in [1.165, 1.54) is 9.80 Å². The van der Waals surface area contributed by atoms with Gasteiger partial charge in [0.25, 0.3) is 12.1 Å². The maximum atomic E-state index is 12.8. The molecule has 6 nitrogen and oxygen atoms in total. The molecular weight excluding hydrogens is 318 g/mol. The van der Waals surface area contributed by atoms with E-state index in [0.717, 1.165) is 16.8 Å². The van der Waals surface area contributed by atoms with Gasteiger partial charge in [-0.15, -0.1) is 0 Å². The number of carbonyl (C=O) groups excluding carboxylic acids is 2. The number of benzodiazepines with no additional fused rings is 1. The molecule has 0 bridgehead atoms.